The van der Waals surface area contributed by atoms with E-state index in [0.717, 1.165) is 24.8 Å². The Balaban J connectivity index is 1.68. The molecule has 2 aliphatic carbocycles. The summed E-state index contributed by atoms with van der Waals surface area (Å²) in [7, 11) is 1.46. The van der Waals surface area contributed by atoms with E-state index in [1.165, 1.54) is 20.0 Å². The molecule has 9 nitrogen and oxygen atoms in total. The number of benzene rings is 2. The molecule has 3 N–H and O–H groups in total. The normalized spacial score (nSPS) is 20.5. The molecule has 0 spiro atoms. The van der Waals surface area contributed by atoms with Crippen LogP contribution in [0.3, 0.4) is 0 Å². The summed E-state index contributed by atoms with van der Waals surface area (Å²) in [4.78, 5) is 40.1. The largest absolute Gasteiger partial charge is 0.493 e. The van der Waals surface area contributed by atoms with Gasteiger partial charge in [0.1, 0.15) is 18.5 Å². The maximum atomic E-state index is 13.9. The fourth-order valence-electron chi connectivity index (χ4n) is 5.78. The third-order valence-electron chi connectivity index (χ3n) is 8.01. The number of carbonyl (C=O) groups excluding carboxylic acids is 3. The van der Waals surface area contributed by atoms with Gasteiger partial charge in [-0.15, -0.1) is 0 Å². The Hall–Kier alpha value is -2.96. The Morgan fingerprint density at radius 1 is 1.17 bits per heavy atom. The van der Waals surface area contributed by atoms with E-state index in [9.17, 15) is 24.6 Å². The van der Waals surface area contributed by atoms with Gasteiger partial charge < -0.3 is 29.9 Å². The van der Waals surface area contributed by atoms with Crippen LogP contribution in [-0.4, -0.2) is 71.7 Å². The van der Waals surface area contributed by atoms with Gasteiger partial charge in [0.2, 0.25) is 11.8 Å². The van der Waals surface area contributed by atoms with Crippen molar-refractivity contribution in [2.75, 3.05) is 20.3 Å². The van der Waals surface area contributed by atoms with Gasteiger partial charge in [0.25, 0.3) is 0 Å². The Morgan fingerprint density at radius 3 is 2.57 bits per heavy atom. The van der Waals surface area contributed by atoms with Crippen molar-refractivity contribution in [1.82, 2.24) is 10.2 Å². The molecule has 0 radical (unpaired) electrons. The second-order valence-electron chi connectivity index (χ2n) is 10.9. The first-order valence-corrected chi connectivity index (χ1v) is 15.5. The van der Waals surface area contributed by atoms with Crippen molar-refractivity contribution in [1.29, 1.82) is 0 Å². The lowest BCUT2D eigenvalue weighted by Gasteiger charge is -2.41. The molecule has 2 aliphatic rings. The number of aldehydes is 1. The molecule has 0 aliphatic heterocycles. The van der Waals surface area contributed by atoms with Gasteiger partial charge in [-0.2, -0.15) is 0 Å². The maximum Gasteiger partial charge on any atom is 0.247 e. The van der Waals surface area contributed by atoms with Gasteiger partial charge in [0.05, 0.1) is 23.3 Å². The number of carbonyl (C=O) groups is 3. The molecular weight excluding hydrogens is 651 g/mol. The lowest BCUT2D eigenvalue weighted by molar-refractivity contribution is -0.139. The molecule has 2 aromatic carbocycles. The summed E-state index contributed by atoms with van der Waals surface area (Å²) in [6.45, 7) is 0.129. The van der Waals surface area contributed by atoms with Crippen LogP contribution in [-0.2, 0) is 16.1 Å². The summed E-state index contributed by atoms with van der Waals surface area (Å²) >= 11 is 2.03. The molecule has 0 saturated heterocycles. The van der Waals surface area contributed by atoms with Crippen molar-refractivity contribution in [2.45, 2.75) is 69.7 Å². The minimum Gasteiger partial charge on any atom is -0.493 e. The number of methoxy groups -OCH3 is 1. The summed E-state index contributed by atoms with van der Waals surface area (Å²) in [6.07, 6.45) is 6.06. The SMILES string of the molecule is COc1cc(C=O)cc(I)c1O[C@H]1C=C(C(=O)NCCO)C[C@@H](N(Cc2ccccc2)C(=O)CCC2CCCC2)[C@@H]1O. The zero-order valence-electron chi connectivity index (χ0n) is 23.8. The van der Waals surface area contributed by atoms with Crippen LogP contribution in [0.4, 0.5) is 0 Å². The molecule has 10 heteroatoms. The standard InChI is InChI=1S/C32H39IN2O7/c1-41-28-16-23(20-37)15-25(33)31(28)42-27-18-24(32(40)34-13-14-36)17-26(30(27)39)35(19-22-9-3-2-4-10-22)29(38)12-11-21-7-5-6-8-21/h2-4,9-10,15-16,18,20-21,26-27,30,36,39H,5-8,11-14,17,19H2,1H3,(H,34,40)/t26-,27+,30+/m1/s1. The highest BCUT2D eigenvalue weighted by atomic mass is 127. The summed E-state index contributed by atoms with van der Waals surface area (Å²) in [5, 5.41) is 23.7. The number of aliphatic hydroxyl groups is 2. The highest BCUT2D eigenvalue weighted by Crippen LogP contribution is 2.37. The van der Waals surface area contributed by atoms with E-state index in [2.05, 4.69) is 5.32 Å². The number of aliphatic hydroxyl groups excluding tert-OH is 2. The molecule has 0 bridgehead atoms. The molecule has 226 valence electrons. The number of nitrogens with one attached hydrogen (secondary N) is 1. The predicted octanol–water partition coefficient (Wildman–Crippen LogP) is 4.03. The monoisotopic (exact) mass is 690 g/mol. The number of halogens is 1. The topological polar surface area (TPSA) is 125 Å². The van der Waals surface area contributed by atoms with Crippen LogP contribution in [0.2, 0.25) is 0 Å². The number of nitrogens with zero attached hydrogens (tertiary/aromatic N) is 1. The van der Waals surface area contributed by atoms with Crippen LogP contribution in [0.25, 0.3) is 0 Å². The summed E-state index contributed by atoms with van der Waals surface area (Å²) in [5.41, 5.74) is 1.67. The highest BCUT2D eigenvalue weighted by molar-refractivity contribution is 14.1. The Bertz CT molecular complexity index is 1260. The number of hydrogen-bond donors (Lipinski definition) is 3. The van der Waals surface area contributed by atoms with Crippen LogP contribution in [0.15, 0.2) is 54.1 Å². The maximum absolute atomic E-state index is 13.9. The van der Waals surface area contributed by atoms with E-state index >= 15 is 0 Å². The number of ether oxygens (including phenoxy) is 2. The van der Waals surface area contributed by atoms with Gasteiger partial charge in [-0.05, 0) is 58.7 Å². The molecule has 2 aromatic rings. The first-order valence-electron chi connectivity index (χ1n) is 14.4. The average Bonchev–Trinajstić information content (AvgIpc) is 3.53. The zero-order valence-corrected chi connectivity index (χ0v) is 26.0. The third kappa shape index (κ3) is 8.11. The number of rotatable bonds is 13. The molecule has 3 atom stereocenters. The molecule has 0 unspecified atom stereocenters. The van der Waals surface area contributed by atoms with Gasteiger partial charge in [-0.25, -0.2) is 0 Å². The van der Waals surface area contributed by atoms with Crippen molar-refractivity contribution in [3.05, 3.63) is 68.8 Å². The second-order valence-corrected chi connectivity index (χ2v) is 12.0. The lowest BCUT2D eigenvalue weighted by atomic mass is 9.87. The van der Waals surface area contributed by atoms with Gasteiger partial charge in [-0.3, -0.25) is 14.4 Å². The van der Waals surface area contributed by atoms with E-state index in [1.807, 2.05) is 52.9 Å². The molecule has 42 heavy (non-hydrogen) atoms. The molecule has 0 aromatic heterocycles. The Morgan fingerprint density at radius 2 is 1.90 bits per heavy atom. The first kappa shape index (κ1) is 32.0. The fraction of sp³-hybridized carbons (Fsp3) is 0.469. The average molecular weight is 691 g/mol. The van der Waals surface area contributed by atoms with E-state index in [-0.39, 0.29) is 32.0 Å². The van der Waals surface area contributed by atoms with Crippen molar-refractivity contribution >= 4 is 40.7 Å². The fourth-order valence-corrected chi connectivity index (χ4v) is 6.53. The predicted molar refractivity (Wildman–Crippen MR) is 166 cm³/mol. The van der Waals surface area contributed by atoms with Gasteiger partial charge in [-0.1, -0.05) is 56.0 Å². The number of amides is 2. The van der Waals surface area contributed by atoms with Gasteiger partial charge in [0.15, 0.2) is 11.5 Å². The quantitative estimate of drug-likeness (QED) is 0.214. The van der Waals surface area contributed by atoms with E-state index < -0.39 is 24.2 Å². The second kappa shape index (κ2) is 15.5. The van der Waals surface area contributed by atoms with Gasteiger partial charge in [0, 0.05) is 37.1 Å². The van der Waals surface area contributed by atoms with E-state index in [4.69, 9.17) is 9.47 Å². The van der Waals surface area contributed by atoms with Crippen molar-refractivity contribution in [2.24, 2.45) is 5.92 Å². The van der Waals surface area contributed by atoms with Crippen molar-refractivity contribution < 1.29 is 34.1 Å². The minimum atomic E-state index is -1.16. The summed E-state index contributed by atoms with van der Waals surface area (Å²) in [5.74, 6) is 0.691. The molecule has 0 heterocycles. The molecule has 4 rings (SSSR count). The zero-order chi connectivity index (χ0) is 30.1. The molecule has 1 saturated carbocycles. The smallest absolute Gasteiger partial charge is 0.247 e. The van der Waals surface area contributed by atoms with Crippen LogP contribution in [0.5, 0.6) is 11.5 Å². The highest BCUT2D eigenvalue weighted by Gasteiger charge is 2.41. The summed E-state index contributed by atoms with van der Waals surface area (Å²) < 4.78 is 12.4. The minimum absolute atomic E-state index is 0.0713. The molecule has 1 fully saturated rings. The third-order valence-corrected chi connectivity index (χ3v) is 8.82. The molecular formula is C32H39IN2O7. The molecule has 2 amide bonds. The Labute approximate surface area is 260 Å². The van der Waals surface area contributed by atoms with E-state index in [0.29, 0.717) is 44.8 Å². The van der Waals surface area contributed by atoms with Gasteiger partial charge >= 0.3 is 0 Å². The first-order chi connectivity index (χ1) is 20.3. The van der Waals surface area contributed by atoms with Crippen LogP contribution in [0.1, 0.15) is 60.9 Å². The van der Waals surface area contributed by atoms with Crippen molar-refractivity contribution in [3.8, 4) is 11.5 Å². The van der Waals surface area contributed by atoms with Crippen LogP contribution < -0.4 is 14.8 Å². The lowest BCUT2D eigenvalue weighted by Crippen LogP contribution is -2.54. The van der Waals surface area contributed by atoms with Crippen molar-refractivity contribution in [3.63, 3.8) is 0 Å². The summed E-state index contributed by atoms with van der Waals surface area (Å²) in [6, 6.07) is 12.0. The van der Waals surface area contributed by atoms with Crippen LogP contribution >= 0.6 is 22.6 Å². The van der Waals surface area contributed by atoms with E-state index in [1.54, 1.807) is 23.1 Å². The van der Waals surface area contributed by atoms with Crippen LogP contribution in [0, 0.1) is 9.49 Å². The number of hydrogen-bond acceptors (Lipinski definition) is 7. The Kier molecular flexibility index (Phi) is 11.8.